The summed E-state index contributed by atoms with van der Waals surface area (Å²) in [6, 6.07) is 5.68. The van der Waals surface area contributed by atoms with E-state index in [1.807, 2.05) is 19.1 Å². The van der Waals surface area contributed by atoms with Gasteiger partial charge in [-0.2, -0.15) is 11.8 Å². The monoisotopic (exact) mass is 351 g/mol. The fourth-order valence-corrected chi connectivity index (χ4v) is 5.23. The van der Waals surface area contributed by atoms with E-state index >= 15 is 0 Å². The molecule has 0 saturated carbocycles. The molecule has 0 fully saturated rings. The molecule has 0 radical (unpaired) electrons. The topological polar surface area (TPSA) is 72.5 Å². The van der Waals surface area contributed by atoms with Gasteiger partial charge in [-0.25, -0.2) is 0 Å². The molecule has 134 valence electrons. The van der Waals surface area contributed by atoms with E-state index < -0.39 is 0 Å². The molecule has 24 heavy (non-hydrogen) atoms. The van der Waals surface area contributed by atoms with Gasteiger partial charge in [-0.05, 0) is 49.4 Å². The first-order chi connectivity index (χ1) is 11.5. The Labute approximate surface area is 149 Å². The first-order valence-electron chi connectivity index (χ1n) is 8.83. The number of nitrogens with two attached hydrogens (primary N) is 1. The highest BCUT2D eigenvalue weighted by molar-refractivity contribution is 8.00. The molecule has 0 spiro atoms. The molecule has 4 nitrogen and oxygen atoms in total. The zero-order valence-electron chi connectivity index (χ0n) is 14.9. The molecule has 2 unspecified atom stereocenters. The van der Waals surface area contributed by atoms with Gasteiger partial charge >= 0.3 is 5.97 Å². The fraction of sp³-hybridized carbons (Fsp3) is 0.632. The molecule has 1 aromatic carbocycles. The van der Waals surface area contributed by atoms with Crippen LogP contribution in [0.5, 0.6) is 5.75 Å². The summed E-state index contributed by atoms with van der Waals surface area (Å²) in [5.74, 6) is 0.895. The van der Waals surface area contributed by atoms with Crippen LogP contribution in [0.25, 0.3) is 0 Å². The van der Waals surface area contributed by atoms with E-state index in [2.05, 4.69) is 13.8 Å². The predicted molar refractivity (Wildman–Crippen MR) is 99.5 cm³/mol. The highest BCUT2D eigenvalue weighted by Crippen LogP contribution is 2.46. The summed E-state index contributed by atoms with van der Waals surface area (Å²) in [7, 11) is 0. The summed E-state index contributed by atoms with van der Waals surface area (Å²) in [6.45, 7) is 6.59. The number of fused-ring (bicyclic) bond motifs is 1. The third kappa shape index (κ3) is 3.72. The number of carbonyl (C=O) groups excluding carboxylic acids is 1. The van der Waals surface area contributed by atoms with Crippen LogP contribution < -0.4 is 5.73 Å². The maximum atomic E-state index is 11.5. The Morgan fingerprint density at radius 1 is 1.38 bits per heavy atom. The predicted octanol–water partition coefficient (Wildman–Crippen LogP) is 3.39. The van der Waals surface area contributed by atoms with Gasteiger partial charge in [0.25, 0.3) is 0 Å². The number of phenolic OH excluding ortho intramolecular Hbond substituents is 1. The minimum Gasteiger partial charge on any atom is -0.508 e. The van der Waals surface area contributed by atoms with Crippen molar-refractivity contribution in [3.63, 3.8) is 0 Å². The SMILES string of the molecule is CCOC(=O)CCSC1Cc2ccc(O)cc2C(CC)(CC)C1N. The van der Waals surface area contributed by atoms with Gasteiger partial charge < -0.3 is 15.6 Å². The zero-order chi connectivity index (χ0) is 17.7. The second-order valence-corrected chi connectivity index (χ2v) is 7.75. The molecule has 1 aliphatic rings. The average molecular weight is 352 g/mol. The summed E-state index contributed by atoms with van der Waals surface area (Å²) in [4.78, 5) is 11.5. The average Bonchev–Trinajstić information content (AvgIpc) is 2.57. The van der Waals surface area contributed by atoms with Gasteiger partial charge in [0.2, 0.25) is 0 Å². The highest BCUT2D eigenvalue weighted by atomic mass is 32.2. The van der Waals surface area contributed by atoms with Crippen molar-refractivity contribution in [2.24, 2.45) is 5.73 Å². The Kier molecular flexibility index (Phi) is 6.58. The quantitative estimate of drug-likeness (QED) is 0.737. The van der Waals surface area contributed by atoms with Gasteiger partial charge in [0.15, 0.2) is 0 Å². The molecule has 3 N–H and O–H groups in total. The van der Waals surface area contributed by atoms with Crippen molar-refractivity contribution in [3.05, 3.63) is 29.3 Å². The number of thioether (sulfide) groups is 1. The number of ether oxygens (including phenoxy) is 1. The molecule has 0 amide bonds. The van der Waals surface area contributed by atoms with Crippen molar-refractivity contribution in [2.45, 2.75) is 63.2 Å². The van der Waals surface area contributed by atoms with Crippen molar-refractivity contribution in [2.75, 3.05) is 12.4 Å². The number of hydrogen-bond donors (Lipinski definition) is 2. The minimum absolute atomic E-state index is 0.00833. The van der Waals surface area contributed by atoms with Crippen LogP contribution in [0.15, 0.2) is 18.2 Å². The van der Waals surface area contributed by atoms with Gasteiger partial charge in [0.05, 0.1) is 13.0 Å². The Balaban J connectivity index is 2.18. The van der Waals surface area contributed by atoms with Crippen LogP contribution >= 0.6 is 11.8 Å². The molecule has 2 atom stereocenters. The van der Waals surface area contributed by atoms with E-state index in [1.165, 1.54) is 11.1 Å². The van der Waals surface area contributed by atoms with Crippen molar-refractivity contribution in [1.82, 2.24) is 0 Å². The third-order valence-corrected chi connectivity index (χ3v) is 6.62. The van der Waals surface area contributed by atoms with Crippen LogP contribution in [-0.2, 0) is 21.4 Å². The molecule has 2 rings (SSSR count). The van der Waals surface area contributed by atoms with Gasteiger partial charge in [-0.15, -0.1) is 0 Å². The van der Waals surface area contributed by atoms with E-state index in [-0.39, 0.29) is 22.7 Å². The van der Waals surface area contributed by atoms with Crippen molar-refractivity contribution >= 4 is 17.7 Å². The molecule has 0 aliphatic heterocycles. The normalized spacial score (nSPS) is 22.0. The standard InChI is InChI=1S/C19H29NO3S/c1-4-19(5-2)15-12-14(21)8-7-13(15)11-16(18(19)20)24-10-9-17(22)23-6-3/h7-8,12,16,18,21H,4-6,9-11,20H2,1-3H3. The molecule has 1 aromatic rings. The van der Waals surface area contributed by atoms with E-state index in [1.54, 1.807) is 17.8 Å². The van der Waals surface area contributed by atoms with Crippen molar-refractivity contribution in [1.29, 1.82) is 0 Å². The minimum atomic E-state index is -0.142. The third-order valence-electron chi connectivity index (χ3n) is 5.29. The van der Waals surface area contributed by atoms with Gasteiger partial charge in [0.1, 0.15) is 5.75 Å². The number of aromatic hydroxyl groups is 1. The van der Waals surface area contributed by atoms with E-state index in [9.17, 15) is 9.90 Å². The number of esters is 1. The van der Waals surface area contributed by atoms with Crippen LogP contribution in [0.3, 0.4) is 0 Å². The van der Waals surface area contributed by atoms with Crippen LogP contribution in [0, 0.1) is 0 Å². The second-order valence-electron chi connectivity index (χ2n) is 6.40. The van der Waals surface area contributed by atoms with Gasteiger partial charge in [-0.3, -0.25) is 4.79 Å². The lowest BCUT2D eigenvalue weighted by Gasteiger charge is -2.47. The first-order valence-corrected chi connectivity index (χ1v) is 9.88. The summed E-state index contributed by atoms with van der Waals surface area (Å²) in [5.41, 5.74) is 9.05. The lowest BCUT2D eigenvalue weighted by Crippen LogP contribution is -2.55. The number of rotatable bonds is 7. The smallest absolute Gasteiger partial charge is 0.306 e. The molecular weight excluding hydrogens is 322 g/mol. The largest absolute Gasteiger partial charge is 0.508 e. The Hall–Kier alpha value is -1.20. The molecule has 0 saturated heterocycles. The number of carbonyl (C=O) groups is 1. The maximum Gasteiger partial charge on any atom is 0.306 e. The number of hydrogen-bond acceptors (Lipinski definition) is 5. The van der Waals surface area contributed by atoms with Gasteiger partial charge in [-0.1, -0.05) is 19.9 Å². The first kappa shape index (κ1) is 19.1. The Morgan fingerprint density at radius 2 is 2.08 bits per heavy atom. The molecular formula is C19H29NO3S. The second kappa shape index (κ2) is 8.26. The maximum absolute atomic E-state index is 11.5. The van der Waals surface area contributed by atoms with Crippen LogP contribution in [0.2, 0.25) is 0 Å². The lowest BCUT2D eigenvalue weighted by atomic mass is 9.63. The van der Waals surface area contributed by atoms with Crippen molar-refractivity contribution in [3.8, 4) is 5.75 Å². The summed E-state index contributed by atoms with van der Waals surface area (Å²) >= 11 is 1.77. The summed E-state index contributed by atoms with van der Waals surface area (Å²) in [5, 5.41) is 10.2. The summed E-state index contributed by atoms with van der Waals surface area (Å²) < 4.78 is 5.00. The lowest BCUT2D eigenvalue weighted by molar-refractivity contribution is -0.142. The van der Waals surface area contributed by atoms with E-state index in [0.717, 1.165) is 25.0 Å². The Bertz CT molecular complexity index is 572. The van der Waals surface area contributed by atoms with Crippen molar-refractivity contribution < 1.29 is 14.6 Å². The van der Waals surface area contributed by atoms with E-state index in [0.29, 0.717) is 18.8 Å². The van der Waals surface area contributed by atoms with Crippen LogP contribution in [-0.4, -0.2) is 34.7 Å². The van der Waals surface area contributed by atoms with Crippen LogP contribution in [0.4, 0.5) is 0 Å². The zero-order valence-corrected chi connectivity index (χ0v) is 15.7. The number of benzene rings is 1. The highest BCUT2D eigenvalue weighted by Gasteiger charge is 2.44. The Morgan fingerprint density at radius 3 is 2.71 bits per heavy atom. The van der Waals surface area contributed by atoms with Gasteiger partial charge in [0, 0.05) is 22.5 Å². The fourth-order valence-electron chi connectivity index (χ4n) is 3.88. The number of phenols is 1. The van der Waals surface area contributed by atoms with Crippen LogP contribution in [0.1, 0.15) is 51.2 Å². The molecule has 0 bridgehead atoms. The molecule has 1 aliphatic carbocycles. The molecule has 0 heterocycles. The molecule has 5 heteroatoms. The molecule has 0 aromatic heterocycles. The van der Waals surface area contributed by atoms with E-state index in [4.69, 9.17) is 10.5 Å². The summed E-state index contributed by atoms with van der Waals surface area (Å²) in [6.07, 6.45) is 3.19.